The Balaban J connectivity index is 0.000000222. The van der Waals surface area contributed by atoms with Crippen molar-refractivity contribution >= 4 is 17.6 Å². The third kappa shape index (κ3) is 7.43. The molecule has 2 aromatic carbocycles. The number of nitrogens with two attached hydrogens (primary N) is 1. The predicted molar refractivity (Wildman–Crippen MR) is 122 cm³/mol. The molecule has 3 rings (SSSR count). The molecule has 0 bridgehead atoms. The van der Waals surface area contributed by atoms with Gasteiger partial charge in [-0.05, 0) is 54.2 Å². The van der Waals surface area contributed by atoms with Crippen molar-refractivity contribution < 1.29 is 4.39 Å². The lowest BCUT2D eigenvalue weighted by Crippen LogP contribution is -2.06. The Labute approximate surface area is 179 Å². The number of hydrogen-bond donors (Lipinski definition) is 2. The number of aromatic nitrogens is 3. The van der Waals surface area contributed by atoms with Crippen LogP contribution in [0.5, 0.6) is 0 Å². The van der Waals surface area contributed by atoms with E-state index in [0.717, 1.165) is 12.3 Å². The van der Waals surface area contributed by atoms with Crippen molar-refractivity contribution in [3.63, 3.8) is 0 Å². The third-order valence-corrected chi connectivity index (χ3v) is 4.88. The van der Waals surface area contributed by atoms with Gasteiger partial charge in [0, 0.05) is 12.1 Å². The van der Waals surface area contributed by atoms with Gasteiger partial charge in [-0.3, -0.25) is 0 Å². The number of rotatable bonds is 7. The molecule has 0 aliphatic rings. The summed E-state index contributed by atoms with van der Waals surface area (Å²) in [6.45, 7) is 8.75. The normalized spacial score (nSPS) is 11.4. The molecular weight excluding hydrogens is 377 g/mol. The fraction of sp³-hybridized carbons (Fsp3) is 0.375. The lowest BCUT2D eigenvalue weighted by molar-refractivity contribution is 0.558. The van der Waals surface area contributed by atoms with Crippen molar-refractivity contribution in [2.75, 3.05) is 11.1 Å². The highest BCUT2D eigenvalue weighted by Gasteiger charge is 2.04. The van der Waals surface area contributed by atoms with E-state index in [2.05, 4.69) is 65.3 Å². The Hall–Kier alpha value is -3.02. The van der Waals surface area contributed by atoms with Gasteiger partial charge >= 0.3 is 0 Å². The summed E-state index contributed by atoms with van der Waals surface area (Å²) < 4.78 is 12.7. The monoisotopic (exact) mass is 409 g/mol. The molecule has 5 nitrogen and oxygen atoms in total. The molecule has 0 aliphatic heterocycles. The van der Waals surface area contributed by atoms with E-state index >= 15 is 0 Å². The van der Waals surface area contributed by atoms with E-state index in [0.29, 0.717) is 23.9 Å². The fourth-order valence-corrected chi connectivity index (χ4v) is 2.94. The number of nitrogens with zero attached hydrogens (tertiary/aromatic N) is 3. The molecule has 0 radical (unpaired) electrons. The van der Waals surface area contributed by atoms with Gasteiger partial charge in [-0.15, -0.1) is 0 Å². The van der Waals surface area contributed by atoms with E-state index in [1.54, 1.807) is 17.7 Å². The summed E-state index contributed by atoms with van der Waals surface area (Å²) in [6, 6.07) is 14.7. The Morgan fingerprint density at radius 3 is 2.17 bits per heavy atom. The van der Waals surface area contributed by atoms with Gasteiger partial charge in [-0.25, -0.2) is 4.39 Å². The molecule has 1 aromatic heterocycles. The second-order valence-electron chi connectivity index (χ2n) is 7.26. The molecule has 0 aliphatic carbocycles. The quantitative estimate of drug-likeness (QED) is 0.520. The molecule has 1 unspecified atom stereocenters. The SMILES string of the molecule is CCc1ccccc1CC(C)CC.CCc1nc(N)nc(Nc2ccc(F)cc2)n1. The van der Waals surface area contributed by atoms with Crippen LogP contribution >= 0.6 is 0 Å². The summed E-state index contributed by atoms with van der Waals surface area (Å²) in [4.78, 5) is 12.1. The molecule has 3 N–H and O–H groups in total. The van der Waals surface area contributed by atoms with Crippen LogP contribution in [0.1, 0.15) is 51.1 Å². The van der Waals surface area contributed by atoms with E-state index in [1.165, 1.54) is 30.5 Å². The van der Waals surface area contributed by atoms with Crippen molar-refractivity contribution in [3.05, 3.63) is 71.3 Å². The van der Waals surface area contributed by atoms with Crippen molar-refractivity contribution in [1.29, 1.82) is 0 Å². The van der Waals surface area contributed by atoms with Crippen LogP contribution in [-0.4, -0.2) is 15.0 Å². The van der Waals surface area contributed by atoms with Gasteiger partial charge in [-0.1, -0.05) is 58.4 Å². The molecule has 1 heterocycles. The van der Waals surface area contributed by atoms with Crippen LogP contribution in [0.25, 0.3) is 0 Å². The van der Waals surface area contributed by atoms with Crippen LogP contribution in [0.2, 0.25) is 0 Å². The minimum absolute atomic E-state index is 0.168. The standard InChI is InChI=1S/C13H20.C11H12FN5/c1-4-11(3)10-13-9-7-6-8-12(13)5-2;1-2-9-15-10(13)17-11(16-9)14-8-5-3-7(12)4-6-8/h6-9,11H,4-5,10H2,1-3H3;3-6H,2H2,1H3,(H3,13,14,15,16,17). The Morgan fingerprint density at radius 2 is 1.57 bits per heavy atom. The lowest BCUT2D eigenvalue weighted by atomic mass is 9.94. The average Bonchev–Trinajstić information content (AvgIpc) is 2.75. The third-order valence-electron chi connectivity index (χ3n) is 4.88. The summed E-state index contributed by atoms with van der Waals surface area (Å²) in [5.74, 6) is 1.66. The average molecular weight is 410 g/mol. The summed E-state index contributed by atoms with van der Waals surface area (Å²) >= 11 is 0. The number of nitrogen functional groups attached to an aromatic ring is 1. The van der Waals surface area contributed by atoms with E-state index in [4.69, 9.17) is 5.73 Å². The molecule has 0 saturated heterocycles. The topological polar surface area (TPSA) is 76.7 Å². The molecular formula is C24H32FN5. The van der Waals surface area contributed by atoms with Gasteiger partial charge in [0.25, 0.3) is 0 Å². The number of aryl methyl sites for hydroxylation is 2. The number of anilines is 3. The molecule has 0 saturated carbocycles. The Morgan fingerprint density at radius 1 is 0.900 bits per heavy atom. The largest absolute Gasteiger partial charge is 0.368 e. The van der Waals surface area contributed by atoms with E-state index in [9.17, 15) is 4.39 Å². The predicted octanol–water partition coefficient (Wildman–Crippen LogP) is 5.74. The molecule has 0 fully saturated rings. The highest BCUT2D eigenvalue weighted by atomic mass is 19.1. The first-order chi connectivity index (χ1) is 14.4. The molecule has 6 heteroatoms. The zero-order valence-corrected chi connectivity index (χ0v) is 18.3. The van der Waals surface area contributed by atoms with Gasteiger partial charge in [0.05, 0.1) is 0 Å². The summed E-state index contributed by atoms with van der Waals surface area (Å²) in [5.41, 5.74) is 9.30. The number of halogens is 1. The van der Waals surface area contributed by atoms with Crippen LogP contribution in [0, 0.1) is 11.7 Å². The molecule has 3 aromatic rings. The lowest BCUT2D eigenvalue weighted by Gasteiger charge is -2.11. The van der Waals surface area contributed by atoms with Crippen LogP contribution in [0.4, 0.5) is 22.0 Å². The highest BCUT2D eigenvalue weighted by molar-refractivity contribution is 5.53. The van der Waals surface area contributed by atoms with Crippen LogP contribution < -0.4 is 11.1 Å². The second-order valence-corrected chi connectivity index (χ2v) is 7.26. The number of benzene rings is 2. The van der Waals surface area contributed by atoms with Crippen molar-refractivity contribution in [2.24, 2.45) is 5.92 Å². The summed E-state index contributed by atoms with van der Waals surface area (Å²) in [6.07, 6.45) is 4.34. The zero-order chi connectivity index (χ0) is 21.9. The maximum Gasteiger partial charge on any atom is 0.232 e. The molecule has 160 valence electrons. The minimum atomic E-state index is -0.292. The fourth-order valence-electron chi connectivity index (χ4n) is 2.94. The van der Waals surface area contributed by atoms with Crippen LogP contribution in [0.3, 0.4) is 0 Å². The smallest absolute Gasteiger partial charge is 0.232 e. The second kappa shape index (κ2) is 11.9. The van der Waals surface area contributed by atoms with Gasteiger partial charge < -0.3 is 11.1 Å². The Kier molecular flexibility index (Phi) is 9.19. The molecule has 0 spiro atoms. The van der Waals surface area contributed by atoms with Crippen LogP contribution in [0.15, 0.2) is 48.5 Å². The van der Waals surface area contributed by atoms with E-state index in [-0.39, 0.29) is 11.8 Å². The highest BCUT2D eigenvalue weighted by Crippen LogP contribution is 2.16. The molecule has 0 amide bonds. The van der Waals surface area contributed by atoms with Gasteiger partial charge in [0.15, 0.2) is 0 Å². The van der Waals surface area contributed by atoms with Crippen molar-refractivity contribution in [1.82, 2.24) is 15.0 Å². The molecule has 1 atom stereocenters. The minimum Gasteiger partial charge on any atom is -0.368 e. The van der Waals surface area contributed by atoms with Crippen LogP contribution in [-0.2, 0) is 19.3 Å². The van der Waals surface area contributed by atoms with Gasteiger partial charge in [-0.2, -0.15) is 15.0 Å². The first kappa shape index (κ1) is 23.3. The van der Waals surface area contributed by atoms with E-state index < -0.39 is 0 Å². The maximum atomic E-state index is 12.7. The van der Waals surface area contributed by atoms with E-state index in [1.807, 2.05) is 6.92 Å². The summed E-state index contributed by atoms with van der Waals surface area (Å²) in [5, 5.41) is 2.94. The van der Waals surface area contributed by atoms with Gasteiger partial charge in [0.1, 0.15) is 11.6 Å². The first-order valence-corrected chi connectivity index (χ1v) is 10.5. The van der Waals surface area contributed by atoms with Crippen molar-refractivity contribution in [3.8, 4) is 0 Å². The molecule has 30 heavy (non-hydrogen) atoms. The first-order valence-electron chi connectivity index (χ1n) is 10.5. The van der Waals surface area contributed by atoms with Gasteiger partial charge in [0.2, 0.25) is 11.9 Å². The Bertz CT molecular complexity index is 912. The zero-order valence-electron chi connectivity index (χ0n) is 18.3. The number of hydrogen-bond acceptors (Lipinski definition) is 5. The maximum absolute atomic E-state index is 12.7. The van der Waals surface area contributed by atoms with Crippen molar-refractivity contribution in [2.45, 2.75) is 53.4 Å². The number of nitrogens with one attached hydrogen (secondary N) is 1. The summed E-state index contributed by atoms with van der Waals surface area (Å²) in [7, 11) is 0.